The maximum atomic E-state index is 12.3. The lowest BCUT2D eigenvalue weighted by molar-refractivity contribution is -0.176. The molecule has 1 aliphatic rings. The van der Waals surface area contributed by atoms with E-state index < -0.39 is 36.4 Å². The number of ether oxygens (including phenoxy) is 2. The smallest absolute Gasteiger partial charge is 0.347 e. The van der Waals surface area contributed by atoms with Crippen molar-refractivity contribution in [2.45, 2.75) is 63.9 Å². The summed E-state index contributed by atoms with van der Waals surface area (Å²) in [5.41, 5.74) is 0. The third-order valence-electron chi connectivity index (χ3n) is 3.56. The van der Waals surface area contributed by atoms with Gasteiger partial charge in [-0.1, -0.05) is 43.7 Å². The van der Waals surface area contributed by atoms with Crippen molar-refractivity contribution in [3.63, 3.8) is 0 Å². The molecular weight excluding hydrogens is 312 g/mol. The Labute approximate surface area is 142 Å². The highest BCUT2D eigenvalue weighted by Crippen LogP contribution is 2.17. The van der Waals surface area contributed by atoms with Crippen molar-refractivity contribution in [3.8, 4) is 0 Å². The van der Waals surface area contributed by atoms with E-state index in [9.17, 15) is 19.8 Å². The molecule has 0 aliphatic carbocycles. The van der Waals surface area contributed by atoms with E-state index in [1.54, 1.807) is 18.2 Å². The highest BCUT2D eigenvalue weighted by molar-refractivity contribution is 5.85. The molecule has 24 heavy (non-hydrogen) atoms. The summed E-state index contributed by atoms with van der Waals surface area (Å²) in [5, 5.41) is 20.0. The number of cyclic esters (lactones) is 1. The lowest BCUT2D eigenvalue weighted by Crippen LogP contribution is -2.42. The van der Waals surface area contributed by atoms with Gasteiger partial charge in [0.15, 0.2) is 6.10 Å². The van der Waals surface area contributed by atoms with E-state index in [2.05, 4.69) is 0 Å². The second-order valence-corrected chi connectivity index (χ2v) is 5.56. The van der Waals surface area contributed by atoms with Gasteiger partial charge in [-0.3, -0.25) is 0 Å². The van der Waals surface area contributed by atoms with Gasteiger partial charge in [0.25, 0.3) is 0 Å². The van der Waals surface area contributed by atoms with E-state index in [1.165, 1.54) is 18.2 Å². The van der Waals surface area contributed by atoms with Crippen LogP contribution in [0.5, 0.6) is 0 Å². The van der Waals surface area contributed by atoms with Crippen LogP contribution in [-0.2, 0) is 19.1 Å². The standard InChI is InChI=1S/C18H26O6/c1-3-5-6-12-16(20)23-15-11-8-7-10-13(19)17(21)14(9-4-2)24-18(15)22/h3,5-7,10,12-15,17,19,21H,4,8-9,11H2,1-2H3/b5-3+,10-7+,12-6+/t13-,14+,15-,17-/m0/s1. The fourth-order valence-electron chi connectivity index (χ4n) is 2.28. The summed E-state index contributed by atoms with van der Waals surface area (Å²) in [5.74, 6) is -1.34. The first-order valence-electron chi connectivity index (χ1n) is 8.22. The van der Waals surface area contributed by atoms with Gasteiger partial charge >= 0.3 is 11.9 Å². The van der Waals surface area contributed by atoms with Gasteiger partial charge in [-0.15, -0.1) is 0 Å². The zero-order valence-electron chi connectivity index (χ0n) is 14.1. The molecule has 0 aromatic carbocycles. The average molecular weight is 338 g/mol. The van der Waals surface area contributed by atoms with Crippen molar-refractivity contribution < 1.29 is 29.3 Å². The average Bonchev–Trinajstić information content (AvgIpc) is 2.55. The lowest BCUT2D eigenvalue weighted by Gasteiger charge is -2.27. The Balaban J connectivity index is 2.84. The van der Waals surface area contributed by atoms with E-state index in [0.29, 0.717) is 19.3 Å². The molecule has 2 N–H and O–H groups in total. The molecule has 0 unspecified atom stereocenters. The minimum Gasteiger partial charge on any atom is -0.457 e. The Hall–Kier alpha value is -1.92. The first kappa shape index (κ1) is 20.1. The van der Waals surface area contributed by atoms with Gasteiger partial charge in [0.1, 0.15) is 18.3 Å². The number of rotatable bonds is 5. The number of esters is 2. The van der Waals surface area contributed by atoms with Crippen LogP contribution >= 0.6 is 0 Å². The number of carbonyl (C=O) groups excluding carboxylic acids is 2. The molecule has 1 rings (SSSR count). The summed E-state index contributed by atoms with van der Waals surface area (Å²) in [6, 6.07) is 0. The largest absolute Gasteiger partial charge is 0.457 e. The van der Waals surface area contributed by atoms with Crippen LogP contribution in [0.2, 0.25) is 0 Å². The van der Waals surface area contributed by atoms with Crippen LogP contribution in [0.15, 0.2) is 36.5 Å². The second-order valence-electron chi connectivity index (χ2n) is 5.56. The zero-order chi connectivity index (χ0) is 17.9. The number of aliphatic hydroxyl groups excluding tert-OH is 2. The van der Waals surface area contributed by atoms with Crippen molar-refractivity contribution in [2.24, 2.45) is 0 Å². The third-order valence-corrected chi connectivity index (χ3v) is 3.56. The molecule has 0 saturated carbocycles. The Morgan fingerprint density at radius 3 is 2.83 bits per heavy atom. The number of hydrogen-bond donors (Lipinski definition) is 2. The predicted molar refractivity (Wildman–Crippen MR) is 89.0 cm³/mol. The number of hydrogen-bond acceptors (Lipinski definition) is 6. The van der Waals surface area contributed by atoms with Gasteiger partial charge in [0, 0.05) is 6.08 Å². The molecule has 6 heteroatoms. The molecule has 6 nitrogen and oxygen atoms in total. The minimum atomic E-state index is -1.21. The summed E-state index contributed by atoms with van der Waals surface area (Å²) >= 11 is 0. The Morgan fingerprint density at radius 2 is 2.17 bits per heavy atom. The van der Waals surface area contributed by atoms with Crippen LogP contribution in [0.1, 0.15) is 39.5 Å². The normalized spacial score (nSPS) is 30.2. The molecule has 0 amide bonds. The summed E-state index contributed by atoms with van der Waals surface area (Å²) in [4.78, 5) is 24.0. The van der Waals surface area contributed by atoms with Crippen molar-refractivity contribution in [3.05, 3.63) is 36.5 Å². The van der Waals surface area contributed by atoms with Crippen molar-refractivity contribution in [1.29, 1.82) is 0 Å². The lowest BCUT2D eigenvalue weighted by atomic mass is 10.0. The maximum Gasteiger partial charge on any atom is 0.347 e. The van der Waals surface area contributed by atoms with Crippen LogP contribution in [0.4, 0.5) is 0 Å². The molecule has 1 aliphatic heterocycles. The molecule has 134 valence electrons. The fourth-order valence-corrected chi connectivity index (χ4v) is 2.28. The molecule has 0 aromatic heterocycles. The van der Waals surface area contributed by atoms with Crippen molar-refractivity contribution >= 4 is 11.9 Å². The van der Waals surface area contributed by atoms with Gasteiger partial charge < -0.3 is 19.7 Å². The Morgan fingerprint density at radius 1 is 1.42 bits per heavy atom. The van der Waals surface area contributed by atoms with E-state index in [1.807, 2.05) is 13.8 Å². The van der Waals surface area contributed by atoms with Crippen molar-refractivity contribution in [2.75, 3.05) is 0 Å². The molecule has 0 saturated heterocycles. The van der Waals surface area contributed by atoms with E-state index >= 15 is 0 Å². The van der Waals surface area contributed by atoms with Gasteiger partial charge in [0.05, 0.1) is 0 Å². The Kier molecular flexibility index (Phi) is 9.04. The predicted octanol–water partition coefficient (Wildman–Crippen LogP) is 1.81. The van der Waals surface area contributed by atoms with Gasteiger partial charge in [0.2, 0.25) is 0 Å². The molecule has 4 atom stereocenters. The van der Waals surface area contributed by atoms with Crippen LogP contribution < -0.4 is 0 Å². The number of allylic oxidation sites excluding steroid dienone is 4. The van der Waals surface area contributed by atoms with Crippen LogP contribution in [-0.4, -0.2) is 46.6 Å². The monoisotopic (exact) mass is 338 g/mol. The SMILES string of the molecule is C/C=C/C=C/C(=O)O[C@H]1CC/C=C/[C@H](O)[C@H](O)[C@@H](CCC)OC1=O. The van der Waals surface area contributed by atoms with E-state index in [0.717, 1.165) is 0 Å². The van der Waals surface area contributed by atoms with Crippen LogP contribution in [0.3, 0.4) is 0 Å². The molecule has 0 fully saturated rings. The minimum absolute atomic E-state index is 0.250. The van der Waals surface area contributed by atoms with Crippen LogP contribution in [0, 0.1) is 0 Å². The fraction of sp³-hybridized carbons (Fsp3) is 0.556. The molecule has 0 radical (unpaired) electrons. The van der Waals surface area contributed by atoms with Crippen LogP contribution in [0.25, 0.3) is 0 Å². The maximum absolute atomic E-state index is 12.3. The Bertz CT molecular complexity index is 494. The van der Waals surface area contributed by atoms with E-state index in [4.69, 9.17) is 9.47 Å². The highest BCUT2D eigenvalue weighted by Gasteiger charge is 2.32. The molecule has 1 heterocycles. The first-order chi connectivity index (χ1) is 11.5. The molecule has 0 bridgehead atoms. The van der Waals surface area contributed by atoms with Gasteiger partial charge in [-0.05, 0) is 26.2 Å². The number of carbonyl (C=O) groups is 2. The summed E-state index contributed by atoms with van der Waals surface area (Å²) in [7, 11) is 0. The van der Waals surface area contributed by atoms with Gasteiger partial charge in [-0.25, -0.2) is 9.59 Å². The first-order valence-corrected chi connectivity index (χ1v) is 8.22. The second kappa shape index (κ2) is 10.8. The third kappa shape index (κ3) is 6.68. The number of aliphatic hydroxyl groups is 2. The zero-order valence-corrected chi connectivity index (χ0v) is 14.1. The summed E-state index contributed by atoms with van der Waals surface area (Å²) in [6.45, 7) is 3.69. The molecular formula is C18H26O6. The van der Waals surface area contributed by atoms with Crippen molar-refractivity contribution in [1.82, 2.24) is 0 Å². The van der Waals surface area contributed by atoms with E-state index in [-0.39, 0.29) is 6.42 Å². The molecule has 0 aromatic rings. The highest BCUT2D eigenvalue weighted by atomic mass is 16.6. The summed E-state index contributed by atoms with van der Waals surface area (Å²) in [6.07, 6.45) is 6.83. The molecule has 0 spiro atoms. The van der Waals surface area contributed by atoms with Gasteiger partial charge in [-0.2, -0.15) is 0 Å². The summed E-state index contributed by atoms with van der Waals surface area (Å²) < 4.78 is 10.4. The quantitative estimate of drug-likeness (QED) is 0.344. The topological polar surface area (TPSA) is 93.1 Å².